The topological polar surface area (TPSA) is 52.1 Å². The Morgan fingerprint density at radius 3 is 2.71 bits per heavy atom. The molecule has 0 bridgehead atoms. The minimum Gasteiger partial charge on any atom is -0.379 e. The molecule has 0 saturated carbocycles. The molecule has 2 fully saturated rings. The Morgan fingerprint density at radius 2 is 1.97 bits per heavy atom. The molecule has 7 heteroatoms. The number of benzene rings is 1. The van der Waals surface area contributed by atoms with Crippen molar-refractivity contribution in [1.82, 2.24) is 20.4 Å². The van der Waals surface area contributed by atoms with E-state index >= 15 is 0 Å². The number of hydrogen-bond acceptors (Lipinski definition) is 5. The molecule has 0 amide bonds. The summed E-state index contributed by atoms with van der Waals surface area (Å²) >= 11 is 1.83. The van der Waals surface area contributed by atoms with Gasteiger partial charge in [-0.15, -0.1) is 11.3 Å². The van der Waals surface area contributed by atoms with E-state index < -0.39 is 0 Å². The van der Waals surface area contributed by atoms with E-state index in [-0.39, 0.29) is 0 Å². The maximum Gasteiger partial charge on any atom is 0.191 e. The molecule has 0 radical (unpaired) electrons. The minimum absolute atomic E-state index is 0.350. The molecular formula is C24H35N5OS. The van der Waals surface area contributed by atoms with Gasteiger partial charge in [0.1, 0.15) is 0 Å². The van der Waals surface area contributed by atoms with Gasteiger partial charge in [0, 0.05) is 50.7 Å². The Labute approximate surface area is 190 Å². The number of hydrogen-bond donors (Lipinski definition) is 2. The Hall–Kier alpha value is -1.93. The highest BCUT2D eigenvalue weighted by molar-refractivity contribution is 7.10. The number of nitrogens with one attached hydrogen (secondary N) is 2. The van der Waals surface area contributed by atoms with Crippen LogP contribution in [0.4, 0.5) is 0 Å². The molecule has 31 heavy (non-hydrogen) atoms. The number of likely N-dealkylation sites (tertiary alicyclic amines) is 1. The molecule has 1 aromatic carbocycles. The first kappa shape index (κ1) is 22.3. The summed E-state index contributed by atoms with van der Waals surface area (Å²) in [5.41, 5.74) is 1.39. The number of thiophene rings is 1. The van der Waals surface area contributed by atoms with Crippen LogP contribution in [0, 0.1) is 0 Å². The monoisotopic (exact) mass is 441 g/mol. The SMILES string of the molecule is CN=C(NCC1CCCN1Cc1ccccc1)NCC(c1cccs1)N1CCOCC1. The summed E-state index contributed by atoms with van der Waals surface area (Å²) < 4.78 is 5.56. The van der Waals surface area contributed by atoms with Crippen molar-refractivity contribution in [2.75, 3.05) is 53.0 Å². The van der Waals surface area contributed by atoms with E-state index in [0.717, 1.165) is 51.9 Å². The number of nitrogens with zero attached hydrogens (tertiary/aromatic N) is 3. The zero-order valence-electron chi connectivity index (χ0n) is 18.5. The van der Waals surface area contributed by atoms with Crippen molar-refractivity contribution in [3.05, 3.63) is 58.3 Å². The van der Waals surface area contributed by atoms with Gasteiger partial charge < -0.3 is 15.4 Å². The third-order valence-corrected chi connectivity index (χ3v) is 7.25. The van der Waals surface area contributed by atoms with Gasteiger partial charge in [-0.2, -0.15) is 0 Å². The van der Waals surface area contributed by atoms with E-state index in [0.29, 0.717) is 12.1 Å². The van der Waals surface area contributed by atoms with Crippen molar-refractivity contribution in [2.24, 2.45) is 4.99 Å². The van der Waals surface area contributed by atoms with Crippen molar-refractivity contribution in [3.8, 4) is 0 Å². The fourth-order valence-corrected chi connectivity index (χ4v) is 5.42. The van der Waals surface area contributed by atoms with Gasteiger partial charge in [0.05, 0.1) is 19.3 Å². The second-order valence-electron chi connectivity index (χ2n) is 8.27. The lowest BCUT2D eigenvalue weighted by Gasteiger charge is -2.34. The normalized spacial score (nSPS) is 21.8. The van der Waals surface area contributed by atoms with Crippen molar-refractivity contribution >= 4 is 17.3 Å². The van der Waals surface area contributed by atoms with Crippen LogP contribution in [0.1, 0.15) is 29.3 Å². The summed E-state index contributed by atoms with van der Waals surface area (Å²) in [6.45, 7) is 7.55. The Morgan fingerprint density at radius 1 is 1.13 bits per heavy atom. The molecule has 1 aromatic heterocycles. The fourth-order valence-electron chi connectivity index (χ4n) is 4.56. The zero-order valence-corrected chi connectivity index (χ0v) is 19.3. The summed E-state index contributed by atoms with van der Waals surface area (Å²) in [5, 5.41) is 9.34. The van der Waals surface area contributed by atoms with Crippen LogP contribution >= 0.6 is 11.3 Å². The molecule has 2 saturated heterocycles. The van der Waals surface area contributed by atoms with Crippen molar-refractivity contribution in [1.29, 1.82) is 0 Å². The van der Waals surface area contributed by atoms with Crippen LogP contribution < -0.4 is 10.6 Å². The highest BCUT2D eigenvalue weighted by Crippen LogP contribution is 2.25. The Kier molecular flexibility index (Phi) is 8.35. The predicted molar refractivity (Wildman–Crippen MR) is 129 cm³/mol. The average Bonchev–Trinajstić information content (AvgIpc) is 3.50. The molecule has 4 rings (SSSR count). The van der Waals surface area contributed by atoms with E-state index in [2.05, 4.69) is 73.3 Å². The molecule has 2 aliphatic rings. The largest absolute Gasteiger partial charge is 0.379 e. The van der Waals surface area contributed by atoms with Gasteiger partial charge in [0.25, 0.3) is 0 Å². The Bertz CT molecular complexity index is 792. The lowest BCUT2D eigenvalue weighted by Crippen LogP contribution is -2.48. The molecule has 168 valence electrons. The molecular weight excluding hydrogens is 406 g/mol. The molecule has 2 unspecified atom stereocenters. The summed E-state index contributed by atoms with van der Waals surface area (Å²) in [6.07, 6.45) is 2.51. The summed E-state index contributed by atoms with van der Waals surface area (Å²) in [5.74, 6) is 0.890. The summed E-state index contributed by atoms with van der Waals surface area (Å²) in [7, 11) is 1.86. The molecule has 3 heterocycles. The van der Waals surface area contributed by atoms with E-state index in [9.17, 15) is 0 Å². The van der Waals surface area contributed by atoms with Crippen molar-refractivity contribution in [2.45, 2.75) is 31.5 Å². The second kappa shape index (κ2) is 11.6. The number of aliphatic imine (C=N–C) groups is 1. The van der Waals surface area contributed by atoms with Crippen LogP contribution in [0.3, 0.4) is 0 Å². The first-order valence-electron chi connectivity index (χ1n) is 11.4. The van der Waals surface area contributed by atoms with Gasteiger partial charge in [0.2, 0.25) is 0 Å². The Balaban J connectivity index is 1.29. The third-order valence-electron chi connectivity index (χ3n) is 6.28. The number of guanidine groups is 1. The number of ether oxygens (including phenoxy) is 1. The summed E-state index contributed by atoms with van der Waals surface area (Å²) in [6, 6.07) is 16.1. The molecule has 0 spiro atoms. The van der Waals surface area contributed by atoms with E-state index in [1.54, 1.807) is 0 Å². The smallest absolute Gasteiger partial charge is 0.191 e. The highest BCUT2D eigenvalue weighted by atomic mass is 32.1. The molecule has 2 aromatic rings. The van der Waals surface area contributed by atoms with Crippen LogP contribution in [0.2, 0.25) is 0 Å². The lowest BCUT2D eigenvalue weighted by molar-refractivity contribution is 0.0177. The maximum absolute atomic E-state index is 5.56. The first-order chi connectivity index (χ1) is 15.3. The fraction of sp³-hybridized carbons (Fsp3) is 0.542. The number of rotatable bonds is 8. The maximum atomic E-state index is 5.56. The lowest BCUT2D eigenvalue weighted by atomic mass is 10.2. The number of morpholine rings is 1. The van der Waals surface area contributed by atoms with Crippen LogP contribution in [0.15, 0.2) is 52.8 Å². The molecule has 2 aliphatic heterocycles. The van der Waals surface area contributed by atoms with E-state index in [4.69, 9.17) is 4.74 Å². The highest BCUT2D eigenvalue weighted by Gasteiger charge is 2.26. The van der Waals surface area contributed by atoms with Crippen LogP contribution in [0.25, 0.3) is 0 Å². The van der Waals surface area contributed by atoms with Crippen molar-refractivity contribution in [3.63, 3.8) is 0 Å². The molecule has 6 nitrogen and oxygen atoms in total. The van der Waals surface area contributed by atoms with Gasteiger partial charge >= 0.3 is 0 Å². The van der Waals surface area contributed by atoms with Gasteiger partial charge in [-0.05, 0) is 36.4 Å². The van der Waals surface area contributed by atoms with Crippen LogP contribution in [-0.2, 0) is 11.3 Å². The van der Waals surface area contributed by atoms with E-state index in [1.165, 1.54) is 29.8 Å². The van der Waals surface area contributed by atoms with E-state index in [1.807, 2.05) is 18.4 Å². The van der Waals surface area contributed by atoms with Crippen LogP contribution in [0.5, 0.6) is 0 Å². The van der Waals surface area contributed by atoms with Gasteiger partial charge in [0.15, 0.2) is 5.96 Å². The summed E-state index contributed by atoms with van der Waals surface area (Å²) in [4.78, 5) is 11.0. The standard InChI is InChI=1S/C24H35N5OS/c1-25-24(26-17-21-9-5-11-29(21)19-20-7-3-2-4-8-20)27-18-22(23-10-6-16-31-23)28-12-14-30-15-13-28/h2-4,6-8,10,16,21-22H,5,9,11-15,17-19H2,1H3,(H2,25,26,27). The zero-order chi connectivity index (χ0) is 21.3. The molecule has 0 aliphatic carbocycles. The van der Waals surface area contributed by atoms with Crippen molar-refractivity contribution < 1.29 is 4.74 Å². The van der Waals surface area contributed by atoms with Crippen LogP contribution in [-0.4, -0.2) is 74.8 Å². The average molecular weight is 442 g/mol. The van der Waals surface area contributed by atoms with Gasteiger partial charge in [-0.1, -0.05) is 36.4 Å². The minimum atomic E-state index is 0.350. The van der Waals surface area contributed by atoms with Gasteiger partial charge in [-0.25, -0.2) is 0 Å². The second-order valence-corrected chi connectivity index (χ2v) is 9.24. The third kappa shape index (κ3) is 6.29. The molecule has 2 atom stereocenters. The van der Waals surface area contributed by atoms with Gasteiger partial charge in [-0.3, -0.25) is 14.8 Å². The molecule has 2 N–H and O–H groups in total. The quantitative estimate of drug-likeness (QED) is 0.487. The predicted octanol–water partition coefficient (Wildman–Crippen LogP) is 2.95. The first-order valence-corrected chi connectivity index (χ1v) is 12.3.